The third-order valence-corrected chi connectivity index (χ3v) is 5.89. The van der Waals surface area contributed by atoms with Crippen LogP contribution in [0.4, 0.5) is 11.6 Å². The Kier molecular flexibility index (Phi) is 6.89. The molecule has 30 heavy (non-hydrogen) atoms. The molecule has 0 aliphatic carbocycles. The fraction of sp³-hybridized carbons (Fsp3) is 0.364. The first-order valence-electron chi connectivity index (χ1n) is 10.1. The highest BCUT2D eigenvalue weighted by molar-refractivity contribution is 7.89. The van der Waals surface area contributed by atoms with Gasteiger partial charge in [0.05, 0.1) is 22.7 Å². The summed E-state index contributed by atoms with van der Waals surface area (Å²) in [7, 11) is -3.72. The molecule has 3 aromatic rings. The van der Waals surface area contributed by atoms with Crippen LogP contribution in [0.1, 0.15) is 38.8 Å². The van der Waals surface area contributed by atoms with Gasteiger partial charge in [-0.05, 0) is 55.7 Å². The van der Waals surface area contributed by atoms with Gasteiger partial charge in [0.2, 0.25) is 16.0 Å². The number of ether oxygens (including phenoxy) is 1. The van der Waals surface area contributed by atoms with Crippen molar-refractivity contribution in [3.05, 3.63) is 48.2 Å². The highest BCUT2D eigenvalue weighted by Crippen LogP contribution is 2.25. The van der Waals surface area contributed by atoms with Crippen LogP contribution in [0.2, 0.25) is 0 Å². The first-order valence-corrected chi connectivity index (χ1v) is 11.6. The first-order chi connectivity index (χ1) is 14.3. The van der Waals surface area contributed by atoms with Gasteiger partial charge in [-0.2, -0.15) is 0 Å². The van der Waals surface area contributed by atoms with Gasteiger partial charge in [0.1, 0.15) is 5.75 Å². The molecule has 0 radical (unpaired) electrons. The van der Waals surface area contributed by atoms with Gasteiger partial charge in [-0.1, -0.05) is 26.7 Å². The summed E-state index contributed by atoms with van der Waals surface area (Å²) in [6, 6.07) is 12.0. The molecular weight excluding hydrogens is 400 g/mol. The Morgan fingerprint density at radius 2 is 1.83 bits per heavy atom. The molecule has 0 amide bonds. The van der Waals surface area contributed by atoms with E-state index >= 15 is 0 Å². The van der Waals surface area contributed by atoms with Crippen LogP contribution in [-0.2, 0) is 10.0 Å². The number of fused-ring (bicyclic) bond motifs is 1. The molecule has 0 bridgehead atoms. The summed E-state index contributed by atoms with van der Waals surface area (Å²) in [6.45, 7) is 7.05. The lowest BCUT2D eigenvalue weighted by atomic mass is 10.0. The topological polar surface area (TPSA) is 107 Å². The van der Waals surface area contributed by atoms with Crippen LogP contribution in [0.15, 0.2) is 47.4 Å². The molecule has 1 unspecified atom stereocenters. The molecule has 1 aromatic heterocycles. The predicted molar refractivity (Wildman–Crippen MR) is 120 cm³/mol. The number of nitrogens with one attached hydrogen (secondary N) is 1. The number of nitrogens with zero attached hydrogens (tertiary/aromatic N) is 2. The van der Waals surface area contributed by atoms with Crippen LogP contribution in [0.3, 0.4) is 0 Å². The Hall–Kier alpha value is -2.71. The molecule has 0 saturated carbocycles. The van der Waals surface area contributed by atoms with Crippen molar-refractivity contribution >= 4 is 32.6 Å². The highest BCUT2D eigenvalue weighted by atomic mass is 32.2. The van der Waals surface area contributed by atoms with E-state index in [2.05, 4.69) is 29.1 Å². The zero-order valence-electron chi connectivity index (χ0n) is 17.6. The third kappa shape index (κ3) is 5.67. The number of aromatic nitrogens is 2. The predicted octanol–water partition coefficient (Wildman–Crippen LogP) is 4.53. The maximum atomic E-state index is 11.4. The van der Waals surface area contributed by atoms with E-state index in [1.807, 2.05) is 25.1 Å². The van der Waals surface area contributed by atoms with Crippen LogP contribution in [-0.4, -0.2) is 25.0 Å². The molecule has 0 spiro atoms. The number of rotatable bonds is 9. The second-order valence-corrected chi connectivity index (χ2v) is 9.10. The molecular formula is C22H28N4O3S. The average Bonchev–Trinajstić information content (AvgIpc) is 2.68. The minimum Gasteiger partial charge on any atom is -0.494 e. The lowest BCUT2D eigenvalue weighted by molar-refractivity contribution is 0.279. The summed E-state index contributed by atoms with van der Waals surface area (Å²) in [4.78, 5) is 9.14. The number of benzene rings is 2. The summed E-state index contributed by atoms with van der Waals surface area (Å²) in [5, 5.41) is 9.20. The molecule has 0 aliphatic rings. The molecule has 2 aromatic carbocycles. The molecule has 0 saturated heterocycles. The number of aryl methyl sites for hydroxylation is 1. The normalized spacial score (nSPS) is 12.7. The second-order valence-electron chi connectivity index (χ2n) is 7.54. The van der Waals surface area contributed by atoms with Crippen molar-refractivity contribution in [2.45, 2.75) is 44.9 Å². The standard InChI is InChI=1S/C22H28N4O3S/c1-4-5-15(2)12-13-29-18-8-11-20-16(3)24-22(26-21(20)14-18)25-17-6-9-19(10-7-17)30(23,27)28/h6-11,14-15H,4-5,12-13H2,1-3H3,(H2,23,27,28)(H,24,25,26). The van der Waals surface area contributed by atoms with Crippen LogP contribution in [0.5, 0.6) is 5.75 Å². The quantitative estimate of drug-likeness (QED) is 0.518. The fourth-order valence-electron chi connectivity index (χ4n) is 3.29. The van der Waals surface area contributed by atoms with Crippen molar-refractivity contribution in [2.75, 3.05) is 11.9 Å². The summed E-state index contributed by atoms with van der Waals surface area (Å²) in [5.74, 6) is 1.86. The summed E-state index contributed by atoms with van der Waals surface area (Å²) >= 11 is 0. The number of anilines is 2. The molecule has 1 heterocycles. The lowest BCUT2D eigenvalue weighted by Gasteiger charge is -2.12. The molecule has 8 heteroatoms. The second kappa shape index (κ2) is 9.40. The molecule has 3 N–H and O–H groups in total. The average molecular weight is 429 g/mol. The van der Waals surface area contributed by atoms with Crippen molar-refractivity contribution < 1.29 is 13.2 Å². The summed E-state index contributed by atoms with van der Waals surface area (Å²) < 4.78 is 28.7. The minimum atomic E-state index is -3.72. The van der Waals surface area contributed by atoms with Crippen molar-refractivity contribution in [3.63, 3.8) is 0 Å². The number of primary sulfonamides is 1. The van der Waals surface area contributed by atoms with Gasteiger partial charge in [0.15, 0.2) is 0 Å². The van der Waals surface area contributed by atoms with Gasteiger partial charge < -0.3 is 10.1 Å². The molecule has 0 aliphatic heterocycles. The summed E-state index contributed by atoms with van der Waals surface area (Å²) in [6.07, 6.45) is 3.42. The van der Waals surface area contributed by atoms with Gasteiger partial charge in [-0.3, -0.25) is 0 Å². The number of sulfonamides is 1. The minimum absolute atomic E-state index is 0.0544. The summed E-state index contributed by atoms with van der Waals surface area (Å²) in [5.41, 5.74) is 2.29. The molecule has 0 fully saturated rings. The van der Waals surface area contributed by atoms with Gasteiger partial charge in [-0.15, -0.1) is 0 Å². The lowest BCUT2D eigenvalue weighted by Crippen LogP contribution is -2.11. The number of hydrogen-bond acceptors (Lipinski definition) is 6. The Morgan fingerprint density at radius 3 is 2.50 bits per heavy atom. The maximum Gasteiger partial charge on any atom is 0.238 e. The van der Waals surface area contributed by atoms with Gasteiger partial charge in [0.25, 0.3) is 0 Å². The van der Waals surface area contributed by atoms with E-state index in [0.29, 0.717) is 24.2 Å². The zero-order valence-corrected chi connectivity index (χ0v) is 18.4. The van der Waals surface area contributed by atoms with E-state index in [-0.39, 0.29) is 4.90 Å². The molecule has 1 atom stereocenters. The Labute approximate surface area is 177 Å². The first kappa shape index (κ1) is 22.0. The van der Waals surface area contributed by atoms with Crippen molar-refractivity contribution in [1.29, 1.82) is 0 Å². The zero-order chi connectivity index (χ0) is 21.7. The van der Waals surface area contributed by atoms with Gasteiger partial charge in [-0.25, -0.2) is 23.5 Å². The van der Waals surface area contributed by atoms with E-state index in [9.17, 15) is 8.42 Å². The van der Waals surface area contributed by atoms with Gasteiger partial charge in [0, 0.05) is 17.1 Å². The third-order valence-electron chi connectivity index (χ3n) is 4.96. The number of hydrogen-bond donors (Lipinski definition) is 2. The monoisotopic (exact) mass is 428 g/mol. The van der Waals surface area contributed by atoms with Crippen LogP contribution < -0.4 is 15.2 Å². The molecule has 7 nitrogen and oxygen atoms in total. The van der Waals surface area contributed by atoms with E-state index in [0.717, 1.165) is 28.8 Å². The van der Waals surface area contributed by atoms with E-state index in [4.69, 9.17) is 9.88 Å². The largest absolute Gasteiger partial charge is 0.494 e. The van der Waals surface area contributed by atoms with Crippen LogP contribution >= 0.6 is 0 Å². The van der Waals surface area contributed by atoms with Crippen LogP contribution in [0.25, 0.3) is 10.9 Å². The Bertz CT molecular complexity index is 1120. The SMILES string of the molecule is CCCC(C)CCOc1ccc2c(C)nc(Nc3ccc(S(N)(=O)=O)cc3)nc2c1. The van der Waals surface area contributed by atoms with Crippen molar-refractivity contribution in [3.8, 4) is 5.75 Å². The smallest absolute Gasteiger partial charge is 0.238 e. The van der Waals surface area contributed by atoms with E-state index in [1.165, 1.54) is 25.0 Å². The highest BCUT2D eigenvalue weighted by Gasteiger charge is 2.09. The van der Waals surface area contributed by atoms with E-state index < -0.39 is 10.0 Å². The van der Waals surface area contributed by atoms with E-state index in [1.54, 1.807) is 12.1 Å². The maximum absolute atomic E-state index is 11.4. The van der Waals surface area contributed by atoms with Crippen molar-refractivity contribution in [1.82, 2.24) is 9.97 Å². The fourth-order valence-corrected chi connectivity index (χ4v) is 3.80. The molecule has 3 rings (SSSR count). The van der Waals surface area contributed by atoms with Gasteiger partial charge >= 0.3 is 0 Å². The Morgan fingerprint density at radius 1 is 1.10 bits per heavy atom. The van der Waals surface area contributed by atoms with Crippen molar-refractivity contribution in [2.24, 2.45) is 11.1 Å². The Balaban J connectivity index is 1.76. The van der Waals surface area contributed by atoms with Crippen LogP contribution in [0, 0.1) is 12.8 Å². The molecule has 160 valence electrons. The number of nitrogens with two attached hydrogens (primary N) is 1.